The number of hydrogen-bond donors (Lipinski definition) is 2. The van der Waals surface area contributed by atoms with Gasteiger partial charge in [0.1, 0.15) is 5.82 Å². The van der Waals surface area contributed by atoms with E-state index in [0.717, 1.165) is 30.8 Å². The largest absolute Gasteiger partial charge is 0.370 e. The number of pyridine rings is 1. The minimum Gasteiger partial charge on any atom is -0.370 e. The molecule has 2 rings (SSSR count). The zero-order chi connectivity index (χ0) is 17.2. The fourth-order valence-corrected chi connectivity index (χ4v) is 2.55. The molecule has 5 heteroatoms. The van der Waals surface area contributed by atoms with Gasteiger partial charge in [-0.2, -0.15) is 0 Å². The summed E-state index contributed by atoms with van der Waals surface area (Å²) in [6.07, 6.45) is 5.89. The van der Waals surface area contributed by atoms with E-state index in [-0.39, 0.29) is 5.91 Å². The summed E-state index contributed by atoms with van der Waals surface area (Å²) >= 11 is 5.95. The highest BCUT2D eigenvalue weighted by Crippen LogP contribution is 2.11. The number of rotatable bonds is 9. The number of unbranched alkanes of at least 4 members (excludes halogenated alkanes) is 2. The van der Waals surface area contributed by atoms with E-state index in [9.17, 15) is 4.79 Å². The third-order valence-corrected chi connectivity index (χ3v) is 3.94. The summed E-state index contributed by atoms with van der Waals surface area (Å²) in [6.45, 7) is 3.65. The van der Waals surface area contributed by atoms with E-state index in [1.807, 2.05) is 30.3 Å². The number of aromatic nitrogens is 1. The van der Waals surface area contributed by atoms with Crippen molar-refractivity contribution in [3.05, 3.63) is 58.7 Å². The Bertz CT molecular complexity index is 643. The van der Waals surface area contributed by atoms with Crippen LogP contribution in [0.4, 0.5) is 5.82 Å². The smallest absolute Gasteiger partial charge is 0.252 e. The Kier molecular flexibility index (Phi) is 7.56. The van der Waals surface area contributed by atoms with E-state index >= 15 is 0 Å². The molecule has 0 saturated carbocycles. The maximum Gasteiger partial charge on any atom is 0.252 e. The van der Waals surface area contributed by atoms with Crippen LogP contribution in [0.2, 0.25) is 5.02 Å². The summed E-state index contributed by atoms with van der Waals surface area (Å²) in [6, 6.07) is 11.3. The van der Waals surface area contributed by atoms with E-state index in [2.05, 4.69) is 22.5 Å². The Morgan fingerprint density at radius 2 is 2.04 bits per heavy atom. The molecule has 128 valence electrons. The third kappa shape index (κ3) is 6.20. The molecule has 0 fully saturated rings. The Morgan fingerprint density at radius 3 is 2.75 bits per heavy atom. The van der Waals surface area contributed by atoms with Crippen molar-refractivity contribution >= 4 is 23.3 Å². The molecule has 0 atom stereocenters. The maximum atomic E-state index is 12.1. The van der Waals surface area contributed by atoms with Crippen LogP contribution >= 0.6 is 11.6 Å². The maximum absolute atomic E-state index is 12.1. The Hall–Kier alpha value is -2.07. The van der Waals surface area contributed by atoms with Gasteiger partial charge in [-0.15, -0.1) is 0 Å². The highest BCUT2D eigenvalue weighted by Gasteiger charge is 2.05. The van der Waals surface area contributed by atoms with Crippen LogP contribution in [0.15, 0.2) is 42.6 Å². The minimum absolute atomic E-state index is 0.109. The van der Waals surface area contributed by atoms with Gasteiger partial charge in [0.25, 0.3) is 5.91 Å². The van der Waals surface area contributed by atoms with Crippen LogP contribution in [0.1, 0.15) is 42.1 Å². The molecule has 1 aromatic carbocycles. The highest BCUT2D eigenvalue weighted by atomic mass is 35.5. The van der Waals surface area contributed by atoms with Gasteiger partial charge in [-0.05, 0) is 42.7 Å². The Labute approximate surface area is 148 Å². The first kappa shape index (κ1) is 18.3. The summed E-state index contributed by atoms with van der Waals surface area (Å²) in [7, 11) is 0. The number of nitrogens with zero attached hydrogens (tertiary/aromatic N) is 1. The molecule has 1 aromatic heterocycles. The molecular formula is C19H24ClN3O. The lowest BCUT2D eigenvalue weighted by Crippen LogP contribution is -2.25. The van der Waals surface area contributed by atoms with Crippen molar-refractivity contribution in [2.75, 3.05) is 18.4 Å². The van der Waals surface area contributed by atoms with Gasteiger partial charge in [-0.1, -0.05) is 43.5 Å². The van der Waals surface area contributed by atoms with Crippen LogP contribution in [-0.2, 0) is 6.42 Å². The SMILES string of the molecule is CCCCCNc1ccc(C(=O)NCCc2cccc(Cl)c2)cn1. The van der Waals surface area contributed by atoms with E-state index in [1.165, 1.54) is 12.8 Å². The number of amides is 1. The average molecular weight is 346 g/mol. The van der Waals surface area contributed by atoms with Crippen molar-refractivity contribution in [3.63, 3.8) is 0 Å². The van der Waals surface area contributed by atoms with Gasteiger partial charge >= 0.3 is 0 Å². The minimum atomic E-state index is -0.109. The lowest BCUT2D eigenvalue weighted by molar-refractivity contribution is 0.0954. The standard InChI is InChI=1S/C19H24ClN3O/c1-2-3-4-11-21-18-9-8-16(14-23-18)19(24)22-12-10-15-6-5-7-17(20)13-15/h5-9,13-14H,2-4,10-12H2,1H3,(H,21,23)(H,22,24). The summed E-state index contributed by atoms with van der Waals surface area (Å²) in [5.74, 6) is 0.698. The average Bonchev–Trinajstić information content (AvgIpc) is 2.59. The van der Waals surface area contributed by atoms with Crippen LogP contribution in [0.25, 0.3) is 0 Å². The van der Waals surface area contributed by atoms with Crippen LogP contribution in [-0.4, -0.2) is 24.0 Å². The summed E-state index contributed by atoms with van der Waals surface area (Å²) in [4.78, 5) is 16.4. The van der Waals surface area contributed by atoms with E-state index in [1.54, 1.807) is 12.3 Å². The van der Waals surface area contributed by atoms with Gasteiger partial charge < -0.3 is 10.6 Å². The molecule has 0 bridgehead atoms. The number of nitrogens with one attached hydrogen (secondary N) is 2. The predicted molar refractivity (Wildman–Crippen MR) is 99.7 cm³/mol. The molecule has 0 unspecified atom stereocenters. The second-order valence-electron chi connectivity index (χ2n) is 5.70. The summed E-state index contributed by atoms with van der Waals surface area (Å²) in [5.41, 5.74) is 1.67. The molecule has 0 aliphatic rings. The van der Waals surface area contributed by atoms with Crippen molar-refractivity contribution in [2.45, 2.75) is 32.6 Å². The van der Waals surface area contributed by atoms with Gasteiger partial charge in [-0.3, -0.25) is 4.79 Å². The summed E-state index contributed by atoms with van der Waals surface area (Å²) < 4.78 is 0. The molecule has 0 radical (unpaired) electrons. The number of anilines is 1. The van der Waals surface area contributed by atoms with E-state index in [0.29, 0.717) is 17.1 Å². The van der Waals surface area contributed by atoms with Gasteiger partial charge in [0.2, 0.25) is 0 Å². The topological polar surface area (TPSA) is 54.0 Å². The van der Waals surface area contributed by atoms with Crippen molar-refractivity contribution in [1.29, 1.82) is 0 Å². The molecular weight excluding hydrogens is 322 g/mol. The Balaban J connectivity index is 1.75. The van der Waals surface area contributed by atoms with Gasteiger partial charge in [0.15, 0.2) is 0 Å². The first-order valence-corrected chi connectivity index (χ1v) is 8.79. The number of carbonyl (C=O) groups excluding carboxylic acids is 1. The van der Waals surface area contributed by atoms with Gasteiger partial charge in [0.05, 0.1) is 5.56 Å². The van der Waals surface area contributed by atoms with E-state index in [4.69, 9.17) is 11.6 Å². The van der Waals surface area contributed by atoms with Crippen LogP contribution in [0, 0.1) is 0 Å². The molecule has 24 heavy (non-hydrogen) atoms. The van der Waals surface area contributed by atoms with Crippen LogP contribution < -0.4 is 10.6 Å². The molecule has 1 amide bonds. The number of hydrogen-bond acceptors (Lipinski definition) is 3. The fourth-order valence-electron chi connectivity index (χ4n) is 2.34. The lowest BCUT2D eigenvalue weighted by atomic mass is 10.1. The highest BCUT2D eigenvalue weighted by molar-refractivity contribution is 6.30. The molecule has 0 aliphatic carbocycles. The number of benzene rings is 1. The normalized spacial score (nSPS) is 10.4. The zero-order valence-corrected chi connectivity index (χ0v) is 14.8. The molecule has 0 saturated heterocycles. The quantitative estimate of drug-likeness (QED) is 0.666. The van der Waals surface area contributed by atoms with Crippen LogP contribution in [0.3, 0.4) is 0 Å². The first-order valence-electron chi connectivity index (χ1n) is 8.41. The fraction of sp³-hybridized carbons (Fsp3) is 0.368. The van der Waals surface area contributed by atoms with Gasteiger partial charge in [-0.25, -0.2) is 4.98 Å². The predicted octanol–water partition coefficient (Wildman–Crippen LogP) is 4.31. The van der Waals surface area contributed by atoms with Crippen molar-refractivity contribution in [3.8, 4) is 0 Å². The second kappa shape index (κ2) is 9.93. The third-order valence-electron chi connectivity index (χ3n) is 3.70. The monoisotopic (exact) mass is 345 g/mol. The second-order valence-corrected chi connectivity index (χ2v) is 6.14. The van der Waals surface area contributed by atoms with Crippen LogP contribution in [0.5, 0.6) is 0 Å². The molecule has 2 N–H and O–H groups in total. The van der Waals surface area contributed by atoms with Crippen molar-refractivity contribution in [2.24, 2.45) is 0 Å². The van der Waals surface area contributed by atoms with E-state index < -0.39 is 0 Å². The van der Waals surface area contributed by atoms with Crippen molar-refractivity contribution < 1.29 is 4.79 Å². The first-order chi connectivity index (χ1) is 11.7. The Morgan fingerprint density at radius 1 is 1.17 bits per heavy atom. The zero-order valence-electron chi connectivity index (χ0n) is 14.0. The van der Waals surface area contributed by atoms with Crippen molar-refractivity contribution in [1.82, 2.24) is 10.3 Å². The molecule has 4 nitrogen and oxygen atoms in total. The molecule has 0 aliphatic heterocycles. The molecule has 0 spiro atoms. The van der Waals surface area contributed by atoms with Gasteiger partial charge in [0, 0.05) is 24.3 Å². The molecule has 1 heterocycles. The number of halogens is 1. The number of carbonyl (C=O) groups is 1. The molecule has 2 aromatic rings. The summed E-state index contributed by atoms with van der Waals surface area (Å²) in [5, 5.41) is 6.88. The lowest BCUT2D eigenvalue weighted by Gasteiger charge is -2.07.